The Hall–Kier alpha value is -2.45. The molecule has 0 aliphatic heterocycles. The lowest BCUT2D eigenvalue weighted by Gasteiger charge is -2.11. The van der Waals surface area contributed by atoms with Gasteiger partial charge in [0.15, 0.2) is 5.96 Å². The molecule has 0 aliphatic carbocycles. The summed E-state index contributed by atoms with van der Waals surface area (Å²) in [5.74, 6) is 0.468. The van der Waals surface area contributed by atoms with Crippen LogP contribution in [-0.4, -0.2) is 34.0 Å². The van der Waals surface area contributed by atoms with E-state index >= 15 is 0 Å². The number of rotatable bonds is 8. The molecule has 27 heavy (non-hydrogen) atoms. The van der Waals surface area contributed by atoms with Crippen LogP contribution in [0.1, 0.15) is 18.1 Å². The maximum atomic E-state index is 12.9. The van der Waals surface area contributed by atoms with Gasteiger partial charge >= 0.3 is 0 Å². The highest BCUT2D eigenvalue weighted by atomic mass is 32.2. The summed E-state index contributed by atoms with van der Waals surface area (Å²) in [7, 11) is -3.66. The summed E-state index contributed by atoms with van der Waals surface area (Å²) in [4.78, 5) is 4.62. The van der Waals surface area contributed by atoms with Gasteiger partial charge in [-0.05, 0) is 55.2 Å². The Bertz CT molecular complexity index is 850. The molecule has 0 bridgehead atoms. The lowest BCUT2D eigenvalue weighted by atomic mass is 10.1. The molecule has 2 rings (SSSR count). The molecule has 0 aliphatic rings. The van der Waals surface area contributed by atoms with Crippen molar-refractivity contribution < 1.29 is 12.8 Å². The first-order valence-corrected chi connectivity index (χ1v) is 10.3. The number of nitrogens with one attached hydrogen (secondary N) is 2. The third-order valence-corrected chi connectivity index (χ3v) is 4.82. The number of benzene rings is 2. The van der Waals surface area contributed by atoms with E-state index in [-0.39, 0.29) is 10.7 Å². The van der Waals surface area contributed by atoms with Gasteiger partial charge < -0.3 is 10.6 Å². The van der Waals surface area contributed by atoms with Gasteiger partial charge in [0.25, 0.3) is 0 Å². The average Bonchev–Trinajstić information content (AvgIpc) is 2.63. The molecule has 146 valence electrons. The van der Waals surface area contributed by atoms with E-state index < -0.39 is 10.0 Å². The molecule has 0 fully saturated rings. The van der Waals surface area contributed by atoms with E-state index in [1.807, 2.05) is 6.92 Å². The van der Waals surface area contributed by atoms with Gasteiger partial charge in [-0.3, -0.25) is 4.99 Å². The summed E-state index contributed by atoms with van der Waals surface area (Å²) in [6, 6.07) is 12.9. The number of nitrogens with zero attached hydrogens (tertiary/aromatic N) is 1. The van der Waals surface area contributed by atoms with Crippen molar-refractivity contribution in [2.24, 2.45) is 10.1 Å². The Balaban J connectivity index is 1.83. The first kappa shape index (κ1) is 20.9. The molecule has 0 amide bonds. The van der Waals surface area contributed by atoms with Gasteiger partial charge in [-0.2, -0.15) is 0 Å². The van der Waals surface area contributed by atoms with Gasteiger partial charge in [0.05, 0.1) is 4.90 Å². The summed E-state index contributed by atoms with van der Waals surface area (Å²) < 4.78 is 35.4. The maximum absolute atomic E-state index is 12.9. The minimum atomic E-state index is -3.66. The maximum Gasteiger partial charge on any atom is 0.238 e. The minimum Gasteiger partial charge on any atom is -0.357 e. The number of sulfonamides is 1. The van der Waals surface area contributed by atoms with E-state index in [1.165, 1.54) is 24.3 Å². The second-order valence-corrected chi connectivity index (χ2v) is 7.56. The Morgan fingerprint density at radius 3 is 2.19 bits per heavy atom. The van der Waals surface area contributed by atoms with Crippen molar-refractivity contribution in [3.63, 3.8) is 0 Å². The molecule has 0 atom stereocenters. The number of aliphatic imine (C=N–C) groups is 1. The predicted octanol–water partition coefficient (Wildman–Crippen LogP) is 1.81. The summed E-state index contributed by atoms with van der Waals surface area (Å²) >= 11 is 0. The van der Waals surface area contributed by atoms with E-state index in [2.05, 4.69) is 15.6 Å². The third-order valence-electron chi connectivity index (χ3n) is 3.89. The largest absolute Gasteiger partial charge is 0.357 e. The molecule has 0 saturated carbocycles. The molecule has 0 unspecified atom stereocenters. The second-order valence-electron chi connectivity index (χ2n) is 6.00. The van der Waals surface area contributed by atoms with Crippen molar-refractivity contribution in [3.05, 3.63) is 65.5 Å². The predicted molar refractivity (Wildman–Crippen MR) is 106 cm³/mol. The summed E-state index contributed by atoms with van der Waals surface area (Å²) in [5.41, 5.74) is 2.03. The van der Waals surface area contributed by atoms with Crippen molar-refractivity contribution >= 4 is 16.0 Å². The Morgan fingerprint density at radius 2 is 1.59 bits per heavy atom. The van der Waals surface area contributed by atoms with Crippen LogP contribution in [0.25, 0.3) is 0 Å². The Labute approximate surface area is 159 Å². The van der Waals surface area contributed by atoms with Gasteiger partial charge in [0, 0.05) is 19.6 Å². The lowest BCUT2D eigenvalue weighted by Crippen LogP contribution is -2.38. The second kappa shape index (κ2) is 10.0. The molecule has 0 heterocycles. The van der Waals surface area contributed by atoms with Crippen molar-refractivity contribution in [1.82, 2.24) is 10.6 Å². The first-order valence-electron chi connectivity index (χ1n) is 8.77. The van der Waals surface area contributed by atoms with Crippen LogP contribution in [-0.2, 0) is 22.9 Å². The fourth-order valence-corrected chi connectivity index (χ4v) is 2.98. The number of primary sulfonamides is 1. The topological polar surface area (TPSA) is 96.6 Å². The molecule has 0 saturated heterocycles. The van der Waals surface area contributed by atoms with Gasteiger partial charge in [-0.15, -0.1) is 0 Å². The number of halogens is 1. The van der Waals surface area contributed by atoms with Gasteiger partial charge in [-0.25, -0.2) is 17.9 Å². The summed E-state index contributed by atoms with van der Waals surface area (Å²) in [6.45, 7) is 3.97. The molecule has 8 heteroatoms. The van der Waals surface area contributed by atoms with Gasteiger partial charge in [-0.1, -0.05) is 24.3 Å². The zero-order valence-electron chi connectivity index (χ0n) is 15.3. The normalized spacial score (nSPS) is 12.0. The quantitative estimate of drug-likeness (QED) is 0.472. The Kier molecular flexibility index (Phi) is 7.75. The van der Waals surface area contributed by atoms with Crippen LogP contribution in [0.4, 0.5) is 4.39 Å². The van der Waals surface area contributed by atoms with Gasteiger partial charge in [0.1, 0.15) is 5.82 Å². The summed E-state index contributed by atoms with van der Waals surface area (Å²) in [5, 5.41) is 11.5. The molecular weight excluding hydrogens is 367 g/mol. The highest BCUT2D eigenvalue weighted by Gasteiger charge is 2.06. The average molecular weight is 393 g/mol. The van der Waals surface area contributed by atoms with Crippen molar-refractivity contribution in [1.29, 1.82) is 0 Å². The van der Waals surface area contributed by atoms with E-state index in [9.17, 15) is 12.8 Å². The monoisotopic (exact) mass is 392 g/mol. The molecule has 0 radical (unpaired) electrons. The van der Waals surface area contributed by atoms with Crippen LogP contribution in [0.3, 0.4) is 0 Å². The highest BCUT2D eigenvalue weighted by molar-refractivity contribution is 7.89. The Morgan fingerprint density at radius 1 is 1.00 bits per heavy atom. The molecule has 2 aromatic carbocycles. The van der Waals surface area contributed by atoms with Crippen LogP contribution in [0.15, 0.2) is 58.4 Å². The van der Waals surface area contributed by atoms with E-state index in [4.69, 9.17) is 5.14 Å². The highest BCUT2D eigenvalue weighted by Crippen LogP contribution is 2.09. The fraction of sp³-hybridized carbons (Fsp3) is 0.316. The zero-order valence-corrected chi connectivity index (χ0v) is 16.1. The molecule has 0 spiro atoms. The first-order chi connectivity index (χ1) is 12.9. The van der Waals surface area contributed by atoms with Crippen molar-refractivity contribution in [2.45, 2.75) is 24.7 Å². The zero-order chi connectivity index (χ0) is 19.7. The number of hydrogen-bond donors (Lipinski definition) is 3. The molecule has 4 N–H and O–H groups in total. The molecule has 6 nitrogen and oxygen atoms in total. The minimum absolute atomic E-state index is 0.106. The van der Waals surface area contributed by atoms with E-state index in [1.54, 1.807) is 24.3 Å². The van der Waals surface area contributed by atoms with Crippen LogP contribution in [0.5, 0.6) is 0 Å². The molecule has 0 aromatic heterocycles. The third kappa shape index (κ3) is 7.36. The number of hydrogen-bond acceptors (Lipinski definition) is 3. The fourth-order valence-electron chi connectivity index (χ4n) is 2.46. The standard InChI is InChI=1S/C19H25FN4O2S/c1-2-22-19(23-13-11-15-3-7-17(20)8-4-15)24-14-12-16-5-9-18(10-6-16)27(21,25)26/h3-10H,2,11-14H2,1H3,(H2,21,25,26)(H2,22,23,24). The van der Waals surface area contributed by atoms with E-state index in [0.717, 1.165) is 24.1 Å². The summed E-state index contributed by atoms with van der Waals surface area (Å²) in [6.07, 6.45) is 1.44. The van der Waals surface area contributed by atoms with Crippen molar-refractivity contribution in [2.75, 3.05) is 19.6 Å². The number of guanidine groups is 1. The van der Waals surface area contributed by atoms with Crippen LogP contribution in [0.2, 0.25) is 0 Å². The SMILES string of the molecule is CCNC(=NCCc1ccc(F)cc1)NCCc1ccc(S(N)(=O)=O)cc1. The lowest BCUT2D eigenvalue weighted by molar-refractivity contribution is 0.597. The molecular formula is C19H25FN4O2S. The van der Waals surface area contributed by atoms with Crippen LogP contribution in [0, 0.1) is 5.82 Å². The molecule has 2 aromatic rings. The van der Waals surface area contributed by atoms with Crippen molar-refractivity contribution in [3.8, 4) is 0 Å². The van der Waals surface area contributed by atoms with Crippen LogP contribution >= 0.6 is 0 Å². The smallest absolute Gasteiger partial charge is 0.238 e. The number of nitrogens with two attached hydrogens (primary N) is 1. The van der Waals surface area contributed by atoms with Crippen LogP contribution < -0.4 is 15.8 Å². The van der Waals surface area contributed by atoms with E-state index in [0.29, 0.717) is 25.5 Å². The van der Waals surface area contributed by atoms with Gasteiger partial charge in [0.2, 0.25) is 10.0 Å².